The largest absolute Gasteiger partial charge is 0.481 e. The van der Waals surface area contributed by atoms with Crippen LogP contribution < -0.4 is 0 Å². The number of rotatable bonds is 14. The Morgan fingerprint density at radius 3 is 2.21 bits per heavy atom. The van der Waals surface area contributed by atoms with Crippen LogP contribution in [0, 0.1) is 13.8 Å². The van der Waals surface area contributed by atoms with Crippen molar-refractivity contribution in [2.24, 2.45) is 0 Å². The Kier molecular flexibility index (Phi) is 11.6. The van der Waals surface area contributed by atoms with Gasteiger partial charge in [0.1, 0.15) is 0 Å². The molecule has 4 N–H and O–H groups in total. The lowest BCUT2D eigenvalue weighted by molar-refractivity contribution is -0.170. The van der Waals surface area contributed by atoms with Crippen molar-refractivity contribution in [1.29, 1.82) is 0 Å². The number of carboxylic acid groups (broad SMARTS) is 3. The van der Waals surface area contributed by atoms with Crippen LogP contribution >= 0.6 is 0 Å². The molecule has 12 nitrogen and oxygen atoms in total. The summed E-state index contributed by atoms with van der Waals surface area (Å²) in [6.45, 7) is 11.9. The summed E-state index contributed by atoms with van der Waals surface area (Å²) < 4.78 is 3.97. The average Bonchev–Trinajstić information content (AvgIpc) is 3.49. The molecule has 1 aromatic carbocycles. The van der Waals surface area contributed by atoms with Gasteiger partial charge in [0.15, 0.2) is 5.60 Å². The predicted octanol–water partition coefficient (Wildman–Crippen LogP) is 2.64. The third kappa shape index (κ3) is 9.83. The number of imidazole rings is 1. The summed E-state index contributed by atoms with van der Waals surface area (Å²) in [6.07, 6.45) is 8.23. The van der Waals surface area contributed by atoms with Crippen molar-refractivity contribution < 1.29 is 34.8 Å². The summed E-state index contributed by atoms with van der Waals surface area (Å²) in [5, 5.41) is 38.2. The highest BCUT2D eigenvalue weighted by Crippen LogP contribution is 2.17. The Labute approximate surface area is 226 Å². The smallest absolute Gasteiger partial charge is 0.336 e. The zero-order valence-corrected chi connectivity index (χ0v) is 22.1. The van der Waals surface area contributed by atoms with Crippen molar-refractivity contribution in [2.75, 3.05) is 6.54 Å². The number of nitrogens with zero attached hydrogens (tertiary/aromatic N) is 5. The highest BCUT2D eigenvalue weighted by molar-refractivity contribution is 5.88. The first kappa shape index (κ1) is 30.9. The van der Waals surface area contributed by atoms with Crippen LogP contribution in [0.4, 0.5) is 0 Å². The van der Waals surface area contributed by atoms with E-state index < -0.39 is 36.4 Å². The second-order valence-corrected chi connectivity index (χ2v) is 9.15. The van der Waals surface area contributed by atoms with E-state index in [1.165, 1.54) is 16.7 Å². The number of hydrogen-bond donors (Lipinski definition) is 4. The Hall–Kier alpha value is -4.29. The second kappa shape index (κ2) is 14.6. The minimum Gasteiger partial charge on any atom is -0.481 e. The number of carboxylic acids is 3. The molecule has 0 aliphatic rings. The van der Waals surface area contributed by atoms with Crippen molar-refractivity contribution in [3.05, 3.63) is 78.1 Å². The number of carbonyl (C=O) groups is 3. The molecule has 210 valence electrons. The number of aromatic nitrogens is 4. The lowest BCUT2D eigenvalue weighted by atomic mass is 9.96. The van der Waals surface area contributed by atoms with Gasteiger partial charge in [-0.3, -0.25) is 14.5 Å². The van der Waals surface area contributed by atoms with Crippen molar-refractivity contribution in [1.82, 2.24) is 24.2 Å². The molecule has 0 radical (unpaired) electrons. The van der Waals surface area contributed by atoms with Gasteiger partial charge in [0, 0.05) is 56.0 Å². The monoisotopic (exact) mass is 541 g/mol. The second-order valence-electron chi connectivity index (χ2n) is 9.15. The molecule has 3 rings (SSSR count). The van der Waals surface area contributed by atoms with Crippen LogP contribution in [-0.2, 0) is 34.0 Å². The minimum absolute atomic E-state index is 0.887. The van der Waals surface area contributed by atoms with Gasteiger partial charge in [0.2, 0.25) is 0 Å². The fourth-order valence-electron chi connectivity index (χ4n) is 3.89. The van der Waals surface area contributed by atoms with Gasteiger partial charge < -0.3 is 25.0 Å². The molecular weight excluding hydrogens is 506 g/mol. The van der Waals surface area contributed by atoms with Gasteiger partial charge in [0.05, 0.1) is 25.4 Å². The third-order valence-corrected chi connectivity index (χ3v) is 6.10. The number of hydrogen-bond acceptors (Lipinski definition) is 7. The van der Waals surface area contributed by atoms with E-state index in [-0.39, 0.29) is 0 Å². The first-order chi connectivity index (χ1) is 18.4. The summed E-state index contributed by atoms with van der Waals surface area (Å²) in [6, 6.07) is 8.62. The molecule has 2 heterocycles. The van der Waals surface area contributed by atoms with E-state index in [0.717, 1.165) is 38.3 Å². The maximum absolute atomic E-state index is 10.3. The van der Waals surface area contributed by atoms with Crippen LogP contribution in [0.3, 0.4) is 0 Å². The maximum atomic E-state index is 10.3. The summed E-state index contributed by atoms with van der Waals surface area (Å²) in [5.41, 5.74) is 2.39. The van der Waals surface area contributed by atoms with Gasteiger partial charge in [-0.15, -0.1) is 0 Å². The summed E-state index contributed by atoms with van der Waals surface area (Å²) in [7, 11) is 0. The van der Waals surface area contributed by atoms with Gasteiger partial charge in [-0.1, -0.05) is 30.8 Å². The molecule has 0 aliphatic carbocycles. The predicted molar refractivity (Wildman–Crippen MR) is 143 cm³/mol. The fraction of sp³-hybridized carbons (Fsp3) is 0.370. The van der Waals surface area contributed by atoms with Crippen LogP contribution in [0.25, 0.3) is 6.20 Å². The van der Waals surface area contributed by atoms with Crippen molar-refractivity contribution >= 4 is 24.1 Å². The van der Waals surface area contributed by atoms with Gasteiger partial charge in [-0.2, -0.15) is 5.10 Å². The van der Waals surface area contributed by atoms with E-state index in [1.54, 1.807) is 6.20 Å². The quantitative estimate of drug-likeness (QED) is 0.238. The zero-order chi connectivity index (χ0) is 29.0. The lowest BCUT2D eigenvalue weighted by Crippen LogP contribution is -2.42. The first-order valence-corrected chi connectivity index (χ1v) is 12.2. The molecule has 0 saturated carbocycles. The van der Waals surface area contributed by atoms with E-state index in [4.69, 9.17) is 20.4 Å². The SMILES string of the molecule is C=Cn1ncc(CN(CCCn2ccnc2)Cc2ccccc2C)c1C.O=C(O)CC(O)(CC(=O)O)C(=O)O. The molecule has 0 spiro atoms. The van der Waals surface area contributed by atoms with Crippen molar-refractivity contribution in [3.8, 4) is 0 Å². The van der Waals surface area contributed by atoms with Crippen LogP contribution in [0.15, 0.2) is 55.8 Å². The molecule has 3 aromatic rings. The Balaban J connectivity index is 0.000000349. The Morgan fingerprint density at radius 1 is 1.05 bits per heavy atom. The minimum atomic E-state index is -2.74. The molecule has 2 aromatic heterocycles. The zero-order valence-electron chi connectivity index (χ0n) is 22.1. The average molecular weight is 542 g/mol. The van der Waals surface area contributed by atoms with E-state index in [2.05, 4.69) is 64.2 Å². The number of aryl methyl sites for hydroxylation is 2. The van der Waals surface area contributed by atoms with E-state index in [9.17, 15) is 14.4 Å². The van der Waals surface area contributed by atoms with Crippen LogP contribution in [0.5, 0.6) is 0 Å². The first-order valence-electron chi connectivity index (χ1n) is 12.2. The summed E-state index contributed by atoms with van der Waals surface area (Å²) in [4.78, 5) is 37.1. The highest BCUT2D eigenvalue weighted by atomic mass is 16.4. The topological polar surface area (TPSA) is 171 Å². The molecule has 0 saturated heterocycles. The molecule has 0 amide bonds. The molecule has 0 atom stereocenters. The Morgan fingerprint density at radius 2 is 1.69 bits per heavy atom. The number of aliphatic carboxylic acids is 3. The number of benzene rings is 1. The van der Waals surface area contributed by atoms with Crippen LogP contribution in [0.1, 0.15) is 41.6 Å². The van der Waals surface area contributed by atoms with Gasteiger partial charge in [-0.25, -0.2) is 14.5 Å². The van der Waals surface area contributed by atoms with E-state index in [1.807, 2.05) is 29.6 Å². The normalized spacial score (nSPS) is 11.1. The Bertz CT molecular complexity index is 1240. The molecule has 39 heavy (non-hydrogen) atoms. The van der Waals surface area contributed by atoms with E-state index in [0.29, 0.717) is 0 Å². The summed E-state index contributed by atoms with van der Waals surface area (Å²) in [5.74, 6) is -5.02. The standard InChI is InChI=1S/C21H27N5.C6H8O7/c1-4-26-19(3)21(14-23-26)16-25(12-7-11-24-13-10-22-17-24)15-20-9-6-5-8-18(20)2;7-3(8)1-6(13,5(11)12)2-4(9)10/h4-6,8-10,13-14,17H,1,7,11-12,15-16H2,2-3H3;13H,1-2H2,(H,7,8)(H,9,10)(H,11,12). The lowest BCUT2D eigenvalue weighted by Gasteiger charge is -2.23. The summed E-state index contributed by atoms with van der Waals surface area (Å²) >= 11 is 0. The van der Waals surface area contributed by atoms with Crippen LogP contribution in [-0.4, -0.2) is 74.7 Å². The number of aliphatic hydroxyl groups is 1. The third-order valence-electron chi connectivity index (χ3n) is 6.10. The molecule has 0 unspecified atom stereocenters. The van der Waals surface area contributed by atoms with Crippen molar-refractivity contribution in [3.63, 3.8) is 0 Å². The molecule has 0 bridgehead atoms. The van der Waals surface area contributed by atoms with E-state index >= 15 is 0 Å². The van der Waals surface area contributed by atoms with Gasteiger partial charge >= 0.3 is 17.9 Å². The van der Waals surface area contributed by atoms with Gasteiger partial charge in [0.25, 0.3) is 0 Å². The molecular formula is C27H35N5O7. The molecule has 0 fully saturated rings. The van der Waals surface area contributed by atoms with Gasteiger partial charge in [-0.05, 0) is 31.4 Å². The maximum Gasteiger partial charge on any atom is 0.336 e. The van der Waals surface area contributed by atoms with Crippen molar-refractivity contribution in [2.45, 2.75) is 58.3 Å². The molecule has 12 heteroatoms. The fourth-order valence-corrected chi connectivity index (χ4v) is 3.89. The molecule has 0 aliphatic heterocycles. The van der Waals surface area contributed by atoms with Crippen LogP contribution in [0.2, 0.25) is 0 Å². The highest BCUT2D eigenvalue weighted by Gasteiger charge is 2.40.